The molecule has 6 aliphatic rings. The molecule has 6 saturated heterocycles. The Labute approximate surface area is 315 Å². The molecule has 0 saturated carbocycles. The van der Waals surface area contributed by atoms with Crippen LogP contribution >= 0.6 is 0 Å². The first kappa shape index (κ1) is 34.7. The maximum Gasteiger partial charge on any atom is 0.253 e. The predicted octanol–water partition coefficient (Wildman–Crippen LogP) is 6.50. The number of anilines is 2. The summed E-state index contributed by atoms with van der Waals surface area (Å²) in [5, 5.41) is 9.39. The molecule has 10 atom stereocenters. The van der Waals surface area contributed by atoms with Gasteiger partial charge in [0.05, 0.1) is 37.3 Å². The topological polar surface area (TPSA) is 109 Å². The van der Waals surface area contributed by atoms with Gasteiger partial charge in [-0.15, -0.1) is 13.2 Å². The summed E-state index contributed by atoms with van der Waals surface area (Å²) in [6, 6.07) is 15.6. The van der Waals surface area contributed by atoms with Crippen LogP contribution < -0.4 is 31.0 Å². The molecule has 4 bridgehead atoms. The zero-order valence-corrected chi connectivity index (χ0v) is 31.0. The van der Waals surface area contributed by atoms with E-state index < -0.39 is 10.9 Å². The largest absolute Gasteiger partial charge is 0.497 e. The summed E-state index contributed by atoms with van der Waals surface area (Å²) in [6.07, 6.45) is 12.0. The fourth-order valence-corrected chi connectivity index (χ4v) is 10.3. The molecule has 2 aromatic heterocycles. The highest BCUT2D eigenvalue weighted by atomic mass is 16.5. The SMILES string of the molecule is C=CC1CN2CCC1C[C@H]2C(Nc1c(NC(c2ccnc3ccc(OC)cc23)[C@@H]2CC3CCN2CC3C=C)c(=O)c1=O)c1ccnc2ccc(OC)cc12. The highest BCUT2D eigenvalue weighted by Gasteiger charge is 2.46. The van der Waals surface area contributed by atoms with E-state index in [9.17, 15) is 9.59 Å². The minimum absolute atomic E-state index is 0.0948. The van der Waals surface area contributed by atoms with Gasteiger partial charge < -0.3 is 20.1 Å². The smallest absolute Gasteiger partial charge is 0.253 e. The summed E-state index contributed by atoms with van der Waals surface area (Å²) in [5.41, 5.74) is 3.47. The van der Waals surface area contributed by atoms with Crippen molar-refractivity contribution in [3.8, 4) is 11.5 Å². The van der Waals surface area contributed by atoms with Gasteiger partial charge in [-0.2, -0.15) is 0 Å². The van der Waals surface area contributed by atoms with E-state index in [4.69, 9.17) is 9.47 Å². The van der Waals surface area contributed by atoms with Crippen LogP contribution in [0, 0.1) is 23.7 Å². The lowest BCUT2D eigenvalue weighted by molar-refractivity contribution is 0.0102. The number of methoxy groups -OCH3 is 2. The Morgan fingerprint density at radius 1 is 0.704 bits per heavy atom. The van der Waals surface area contributed by atoms with Crippen LogP contribution in [0.1, 0.15) is 48.9 Å². The number of hydrogen-bond acceptors (Lipinski definition) is 10. The third kappa shape index (κ3) is 5.78. The Bertz CT molecular complexity index is 2160. The molecule has 6 fully saturated rings. The molecular formula is C44H48N6O4. The lowest BCUT2D eigenvalue weighted by Crippen LogP contribution is -2.57. The molecule has 0 aliphatic carbocycles. The summed E-state index contributed by atoms with van der Waals surface area (Å²) in [5.74, 6) is 3.36. The molecule has 6 aliphatic heterocycles. The molecular weight excluding hydrogens is 677 g/mol. The van der Waals surface area contributed by atoms with Gasteiger partial charge in [0.15, 0.2) is 0 Å². The van der Waals surface area contributed by atoms with Crippen molar-refractivity contribution < 1.29 is 9.47 Å². The number of piperidine rings is 6. The van der Waals surface area contributed by atoms with Gasteiger partial charge in [0, 0.05) is 48.3 Å². The van der Waals surface area contributed by atoms with Crippen molar-refractivity contribution in [2.45, 2.75) is 49.9 Å². The molecule has 0 amide bonds. The number of nitrogens with one attached hydrogen (secondary N) is 2. The molecule has 8 unspecified atom stereocenters. The molecule has 11 rings (SSSR count). The van der Waals surface area contributed by atoms with Crippen LogP contribution in [0.2, 0.25) is 0 Å². The molecule has 8 heterocycles. The highest BCUT2D eigenvalue weighted by molar-refractivity contribution is 5.86. The lowest BCUT2D eigenvalue weighted by Gasteiger charge is -2.52. The van der Waals surface area contributed by atoms with E-state index in [0.717, 1.165) is 96.3 Å². The summed E-state index contributed by atoms with van der Waals surface area (Å²) in [4.78, 5) is 42.1. The first-order chi connectivity index (χ1) is 26.4. The monoisotopic (exact) mass is 724 g/mol. The number of ether oxygens (including phenoxy) is 2. The average Bonchev–Trinajstić information content (AvgIpc) is 3.24. The standard InChI is InChI=1S/C44H48N6O4/c1-5-25-23-49-17-13-27(25)19-37(49)39(31-11-15-45-35-9-7-29(53-3)21-33(31)35)47-41-42(44(52)43(41)51)48-40(38-20-28-14-18-50(38)24-26(28)6-2)32-12-16-46-36-10-8-30(54-4)22-34(32)36/h5-12,15-16,21-22,25-28,37-40,47-48H,1-2,13-14,17-20,23-24H2,3-4H3/t25?,26?,27?,28?,37-,38-,39?,40?/m0/s1. The zero-order valence-electron chi connectivity index (χ0n) is 31.0. The predicted molar refractivity (Wildman–Crippen MR) is 214 cm³/mol. The van der Waals surface area contributed by atoms with E-state index in [2.05, 4.69) is 55.7 Å². The number of fused-ring (bicyclic) bond motifs is 8. The van der Waals surface area contributed by atoms with Crippen LogP contribution in [0.15, 0.2) is 95.8 Å². The third-order valence-corrected chi connectivity index (χ3v) is 13.2. The Balaban J connectivity index is 1.14. The third-order valence-electron chi connectivity index (χ3n) is 13.2. The van der Waals surface area contributed by atoms with Gasteiger partial charge in [-0.1, -0.05) is 12.2 Å². The van der Waals surface area contributed by atoms with E-state index in [-0.39, 0.29) is 24.2 Å². The normalized spacial score (nSPS) is 28.5. The zero-order chi connectivity index (χ0) is 37.1. The van der Waals surface area contributed by atoms with Crippen molar-refractivity contribution in [3.63, 3.8) is 0 Å². The maximum absolute atomic E-state index is 13.8. The average molecular weight is 725 g/mol. The maximum atomic E-state index is 13.8. The Hall–Kier alpha value is -5.06. The van der Waals surface area contributed by atoms with Crippen molar-refractivity contribution in [1.29, 1.82) is 0 Å². The molecule has 10 nitrogen and oxygen atoms in total. The second-order valence-corrected chi connectivity index (χ2v) is 15.7. The number of nitrogens with zero attached hydrogens (tertiary/aromatic N) is 4. The number of aromatic nitrogens is 2. The number of hydrogen-bond donors (Lipinski definition) is 2. The van der Waals surface area contributed by atoms with E-state index >= 15 is 0 Å². The second kappa shape index (κ2) is 14.0. The van der Waals surface area contributed by atoms with E-state index in [1.807, 2.05) is 60.9 Å². The van der Waals surface area contributed by atoms with Crippen molar-refractivity contribution in [2.24, 2.45) is 23.7 Å². The molecule has 54 heavy (non-hydrogen) atoms. The molecule has 10 heteroatoms. The minimum atomic E-state index is -0.490. The van der Waals surface area contributed by atoms with E-state index in [1.165, 1.54) is 0 Å². The second-order valence-electron chi connectivity index (χ2n) is 15.7. The summed E-state index contributed by atoms with van der Waals surface area (Å²) in [7, 11) is 3.33. The van der Waals surface area contributed by atoms with Gasteiger partial charge in [-0.25, -0.2) is 0 Å². The minimum Gasteiger partial charge on any atom is -0.497 e. The number of rotatable bonds is 12. The van der Waals surface area contributed by atoms with Gasteiger partial charge in [0.25, 0.3) is 10.9 Å². The summed E-state index contributed by atoms with van der Waals surface area (Å²) in [6.45, 7) is 12.1. The molecule has 278 valence electrons. The van der Waals surface area contributed by atoms with Gasteiger partial charge in [0.2, 0.25) is 0 Å². The summed E-state index contributed by atoms with van der Waals surface area (Å²) < 4.78 is 11.3. The molecule has 5 aromatic rings. The Morgan fingerprint density at radius 2 is 1.15 bits per heavy atom. The van der Waals surface area contributed by atoms with Gasteiger partial charge in [-0.3, -0.25) is 29.4 Å². The molecule has 0 spiro atoms. The van der Waals surface area contributed by atoms with Crippen LogP contribution in [0.25, 0.3) is 21.8 Å². The molecule has 3 aromatic carbocycles. The van der Waals surface area contributed by atoms with Crippen LogP contribution in [0.4, 0.5) is 11.4 Å². The van der Waals surface area contributed by atoms with Crippen LogP contribution in [0.5, 0.6) is 11.5 Å². The molecule has 0 radical (unpaired) electrons. The van der Waals surface area contributed by atoms with Gasteiger partial charge in [0.1, 0.15) is 22.9 Å². The quantitative estimate of drug-likeness (QED) is 0.109. The van der Waals surface area contributed by atoms with Gasteiger partial charge in [-0.05, 0) is 122 Å². The number of pyridine rings is 2. The van der Waals surface area contributed by atoms with Crippen molar-refractivity contribution in [3.05, 3.63) is 118 Å². The van der Waals surface area contributed by atoms with Crippen molar-refractivity contribution in [1.82, 2.24) is 19.8 Å². The first-order valence-corrected chi connectivity index (χ1v) is 19.3. The molecule has 2 N–H and O–H groups in total. The van der Waals surface area contributed by atoms with E-state index in [1.54, 1.807) is 14.2 Å². The van der Waals surface area contributed by atoms with Crippen LogP contribution in [-0.2, 0) is 0 Å². The van der Waals surface area contributed by atoms with Crippen LogP contribution in [-0.4, -0.2) is 72.3 Å². The van der Waals surface area contributed by atoms with Crippen LogP contribution in [0.3, 0.4) is 0 Å². The lowest BCUT2D eigenvalue weighted by atomic mass is 9.72. The van der Waals surface area contributed by atoms with Gasteiger partial charge >= 0.3 is 0 Å². The Morgan fingerprint density at radius 3 is 1.52 bits per heavy atom. The highest BCUT2D eigenvalue weighted by Crippen LogP contribution is 2.46. The summed E-state index contributed by atoms with van der Waals surface area (Å²) >= 11 is 0. The van der Waals surface area contributed by atoms with E-state index in [0.29, 0.717) is 35.0 Å². The fraction of sp³-hybridized carbons (Fsp3) is 0.409. The number of benzene rings is 2. The van der Waals surface area contributed by atoms with Crippen molar-refractivity contribution >= 4 is 33.2 Å². The Kier molecular flexibility index (Phi) is 8.98. The first-order valence-electron chi connectivity index (χ1n) is 19.3. The fourth-order valence-electron chi connectivity index (χ4n) is 10.3. The van der Waals surface area contributed by atoms with Crippen molar-refractivity contribution in [2.75, 3.05) is 51.0 Å².